The lowest BCUT2D eigenvalue weighted by atomic mass is 9.98. The summed E-state index contributed by atoms with van der Waals surface area (Å²) >= 11 is 1.81. The van der Waals surface area contributed by atoms with Crippen LogP contribution in [0, 0.1) is 6.92 Å². The molecule has 0 bridgehead atoms. The fourth-order valence-electron chi connectivity index (χ4n) is 2.01. The van der Waals surface area contributed by atoms with E-state index in [1.165, 1.54) is 18.2 Å². The zero-order chi connectivity index (χ0) is 14.5. The number of benzene rings is 1. The quantitative estimate of drug-likeness (QED) is 0.815. The molecule has 2 atom stereocenters. The molecule has 19 heavy (non-hydrogen) atoms. The molecular weight excluding hydrogens is 258 g/mol. The van der Waals surface area contributed by atoms with Gasteiger partial charge in [0.25, 0.3) is 0 Å². The smallest absolute Gasteiger partial charge is 0.325 e. The first kappa shape index (κ1) is 16.1. The van der Waals surface area contributed by atoms with E-state index < -0.39 is 5.54 Å². The van der Waals surface area contributed by atoms with Gasteiger partial charge in [0.15, 0.2) is 0 Å². The molecule has 1 aromatic rings. The highest BCUT2D eigenvalue weighted by atomic mass is 32.2. The maximum atomic E-state index is 11.5. The van der Waals surface area contributed by atoms with E-state index in [1.54, 1.807) is 18.7 Å². The van der Waals surface area contributed by atoms with Crippen molar-refractivity contribution in [1.82, 2.24) is 0 Å². The average molecular weight is 281 g/mol. The SMILES string of the molecule is COC(=O)C(C)(N)CC(C)SCc1cccc(C)c1. The highest BCUT2D eigenvalue weighted by Gasteiger charge is 2.31. The van der Waals surface area contributed by atoms with Crippen LogP contribution in [0.15, 0.2) is 24.3 Å². The van der Waals surface area contributed by atoms with Gasteiger partial charge in [0.05, 0.1) is 7.11 Å². The molecule has 0 fully saturated rings. The Morgan fingerprint density at radius 1 is 1.53 bits per heavy atom. The zero-order valence-electron chi connectivity index (χ0n) is 12.1. The Morgan fingerprint density at radius 2 is 2.21 bits per heavy atom. The van der Waals surface area contributed by atoms with Crippen LogP contribution in [-0.4, -0.2) is 23.9 Å². The van der Waals surface area contributed by atoms with E-state index in [-0.39, 0.29) is 5.97 Å². The number of hydrogen-bond donors (Lipinski definition) is 1. The molecule has 2 N–H and O–H groups in total. The second-order valence-electron chi connectivity index (χ2n) is 5.22. The van der Waals surface area contributed by atoms with Crippen LogP contribution >= 0.6 is 11.8 Å². The summed E-state index contributed by atoms with van der Waals surface area (Å²) in [5.41, 5.74) is 7.64. The van der Waals surface area contributed by atoms with Gasteiger partial charge >= 0.3 is 5.97 Å². The second kappa shape index (κ2) is 6.96. The Bertz CT molecular complexity index is 432. The summed E-state index contributed by atoms with van der Waals surface area (Å²) in [5, 5.41) is 0.301. The summed E-state index contributed by atoms with van der Waals surface area (Å²) in [7, 11) is 1.37. The fourth-order valence-corrected chi connectivity index (χ4v) is 3.13. The molecular formula is C15H23NO2S. The Kier molecular flexibility index (Phi) is 5.88. The number of hydrogen-bond acceptors (Lipinski definition) is 4. The largest absolute Gasteiger partial charge is 0.468 e. The van der Waals surface area contributed by atoms with Crippen LogP contribution in [0.25, 0.3) is 0 Å². The molecule has 0 spiro atoms. The number of carbonyl (C=O) groups is 1. The molecule has 0 aliphatic heterocycles. The predicted octanol–water partition coefficient (Wildman–Crippen LogP) is 2.90. The first-order chi connectivity index (χ1) is 8.85. The molecule has 106 valence electrons. The van der Waals surface area contributed by atoms with Gasteiger partial charge < -0.3 is 10.5 Å². The van der Waals surface area contributed by atoms with Crippen LogP contribution in [0.5, 0.6) is 0 Å². The Balaban J connectivity index is 2.48. The molecule has 0 aromatic heterocycles. The number of rotatable bonds is 6. The normalized spacial score (nSPS) is 15.6. The van der Waals surface area contributed by atoms with Crippen molar-refractivity contribution < 1.29 is 9.53 Å². The second-order valence-corrected chi connectivity index (χ2v) is 6.65. The van der Waals surface area contributed by atoms with Crippen LogP contribution in [0.3, 0.4) is 0 Å². The lowest BCUT2D eigenvalue weighted by Crippen LogP contribution is -2.47. The van der Waals surface area contributed by atoms with Gasteiger partial charge in [-0.15, -0.1) is 0 Å². The minimum absolute atomic E-state index is 0.301. The van der Waals surface area contributed by atoms with Gasteiger partial charge in [0, 0.05) is 11.0 Å². The third kappa shape index (κ3) is 5.25. The van der Waals surface area contributed by atoms with Gasteiger partial charge in [0.1, 0.15) is 5.54 Å². The molecule has 4 heteroatoms. The van der Waals surface area contributed by atoms with Crippen LogP contribution in [0.2, 0.25) is 0 Å². The molecule has 1 aromatic carbocycles. The molecule has 0 amide bonds. The van der Waals surface area contributed by atoms with Crippen LogP contribution in [0.4, 0.5) is 0 Å². The summed E-state index contributed by atoms with van der Waals surface area (Å²) in [6, 6.07) is 8.46. The molecule has 3 nitrogen and oxygen atoms in total. The van der Waals surface area contributed by atoms with Gasteiger partial charge in [0.2, 0.25) is 0 Å². The van der Waals surface area contributed by atoms with Gasteiger partial charge in [-0.1, -0.05) is 36.8 Å². The average Bonchev–Trinajstić information content (AvgIpc) is 2.35. The first-order valence-corrected chi connectivity index (χ1v) is 7.44. The van der Waals surface area contributed by atoms with E-state index in [0.29, 0.717) is 11.7 Å². The summed E-state index contributed by atoms with van der Waals surface area (Å²) in [4.78, 5) is 11.5. The number of nitrogens with two attached hydrogens (primary N) is 1. The number of carbonyl (C=O) groups excluding carboxylic acids is 1. The number of aryl methyl sites for hydroxylation is 1. The fraction of sp³-hybridized carbons (Fsp3) is 0.533. The Hall–Kier alpha value is -1.00. The van der Waals surface area contributed by atoms with Crippen LogP contribution in [-0.2, 0) is 15.3 Å². The number of thioether (sulfide) groups is 1. The molecule has 0 aliphatic rings. The molecule has 0 radical (unpaired) electrons. The van der Waals surface area contributed by atoms with Crippen molar-refractivity contribution >= 4 is 17.7 Å². The van der Waals surface area contributed by atoms with E-state index in [0.717, 1.165) is 5.75 Å². The highest BCUT2D eigenvalue weighted by Crippen LogP contribution is 2.24. The van der Waals surface area contributed by atoms with Crippen molar-refractivity contribution in [3.63, 3.8) is 0 Å². The molecule has 0 heterocycles. The van der Waals surface area contributed by atoms with Gasteiger partial charge in [-0.05, 0) is 25.8 Å². The summed E-state index contributed by atoms with van der Waals surface area (Å²) in [6.07, 6.45) is 0.607. The third-order valence-corrected chi connectivity index (χ3v) is 4.22. The van der Waals surface area contributed by atoms with Crippen molar-refractivity contribution in [2.75, 3.05) is 7.11 Å². The summed E-state index contributed by atoms with van der Waals surface area (Å²) < 4.78 is 4.72. The van der Waals surface area contributed by atoms with E-state index in [4.69, 9.17) is 10.5 Å². The number of ether oxygens (including phenoxy) is 1. The maximum Gasteiger partial charge on any atom is 0.325 e. The van der Waals surface area contributed by atoms with E-state index >= 15 is 0 Å². The zero-order valence-corrected chi connectivity index (χ0v) is 12.9. The molecule has 1 rings (SSSR count). The maximum absolute atomic E-state index is 11.5. The molecule has 0 saturated carbocycles. The molecule has 2 unspecified atom stereocenters. The van der Waals surface area contributed by atoms with Gasteiger partial charge in [-0.2, -0.15) is 11.8 Å². The number of esters is 1. The third-order valence-electron chi connectivity index (χ3n) is 2.98. The predicted molar refractivity (Wildman–Crippen MR) is 81.2 cm³/mol. The van der Waals surface area contributed by atoms with E-state index in [1.807, 2.05) is 0 Å². The van der Waals surface area contributed by atoms with Crippen molar-refractivity contribution in [2.45, 2.75) is 43.7 Å². The number of methoxy groups -OCH3 is 1. The monoisotopic (exact) mass is 281 g/mol. The summed E-state index contributed by atoms with van der Waals surface area (Å²) in [5.74, 6) is 0.579. The van der Waals surface area contributed by atoms with Crippen LogP contribution in [0.1, 0.15) is 31.4 Å². The Labute approximate surface area is 119 Å². The van der Waals surface area contributed by atoms with E-state index in [9.17, 15) is 4.79 Å². The first-order valence-electron chi connectivity index (χ1n) is 6.39. The van der Waals surface area contributed by atoms with Crippen molar-refractivity contribution in [3.05, 3.63) is 35.4 Å². The molecule has 0 saturated heterocycles. The minimum Gasteiger partial charge on any atom is -0.468 e. The van der Waals surface area contributed by atoms with Crippen molar-refractivity contribution in [3.8, 4) is 0 Å². The topological polar surface area (TPSA) is 52.3 Å². The highest BCUT2D eigenvalue weighted by molar-refractivity contribution is 7.99. The van der Waals surface area contributed by atoms with Gasteiger partial charge in [-0.3, -0.25) is 4.79 Å². The molecule has 0 aliphatic carbocycles. The summed E-state index contributed by atoms with van der Waals surface area (Å²) in [6.45, 7) is 5.91. The van der Waals surface area contributed by atoms with Crippen molar-refractivity contribution in [2.24, 2.45) is 5.73 Å². The van der Waals surface area contributed by atoms with E-state index in [2.05, 4.69) is 38.1 Å². The lowest BCUT2D eigenvalue weighted by Gasteiger charge is -2.24. The van der Waals surface area contributed by atoms with Crippen LogP contribution < -0.4 is 5.73 Å². The lowest BCUT2D eigenvalue weighted by molar-refractivity contribution is -0.146. The standard InChI is InChI=1S/C15H23NO2S/c1-11-6-5-7-13(8-11)10-19-12(2)9-15(3,16)14(17)18-4/h5-8,12H,9-10,16H2,1-4H3. The van der Waals surface area contributed by atoms with Gasteiger partial charge in [-0.25, -0.2) is 0 Å². The van der Waals surface area contributed by atoms with Crippen molar-refractivity contribution in [1.29, 1.82) is 0 Å². The Morgan fingerprint density at radius 3 is 2.79 bits per heavy atom. The minimum atomic E-state index is -0.909.